The highest BCUT2D eigenvalue weighted by Gasteiger charge is 2.25. The van der Waals surface area contributed by atoms with E-state index in [2.05, 4.69) is 16.7 Å². The molecule has 4 heteroatoms. The molecular weight excluding hydrogens is 202 g/mol. The Morgan fingerprint density at radius 2 is 2.31 bits per heavy atom. The van der Waals surface area contributed by atoms with E-state index in [9.17, 15) is 4.79 Å². The van der Waals surface area contributed by atoms with Gasteiger partial charge in [0.15, 0.2) is 0 Å². The molecule has 1 aliphatic rings. The van der Waals surface area contributed by atoms with Gasteiger partial charge in [-0.15, -0.1) is 0 Å². The molecule has 86 valence electrons. The topological polar surface area (TPSA) is 67.1 Å². The van der Waals surface area contributed by atoms with Gasteiger partial charge in [0.1, 0.15) is 6.04 Å². The molecule has 0 aromatic heterocycles. The molecule has 1 unspecified atom stereocenters. The quantitative estimate of drug-likeness (QED) is 0.646. The van der Waals surface area contributed by atoms with Gasteiger partial charge in [0, 0.05) is 18.7 Å². The highest BCUT2D eigenvalue weighted by atomic mass is 16.2. The molecule has 1 heterocycles. The van der Waals surface area contributed by atoms with Gasteiger partial charge in [0.05, 0.1) is 0 Å². The molecule has 1 amide bonds. The van der Waals surface area contributed by atoms with Crippen LogP contribution in [0.3, 0.4) is 0 Å². The summed E-state index contributed by atoms with van der Waals surface area (Å²) in [6.07, 6.45) is 1.59. The highest BCUT2D eigenvalue weighted by Crippen LogP contribution is 2.24. The predicted octanol–water partition coefficient (Wildman–Crippen LogP) is 0.488. The van der Waals surface area contributed by atoms with Gasteiger partial charge in [-0.3, -0.25) is 4.79 Å². The van der Waals surface area contributed by atoms with Crippen LogP contribution < -0.4 is 16.4 Å². The molecule has 1 aromatic rings. The van der Waals surface area contributed by atoms with E-state index in [0.717, 1.165) is 18.5 Å². The summed E-state index contributed by atoms with van der Waals surface area (Å²) >= 11 is 0. The van der Waals surface area contributed by atoms with Crippen LogP contribution in [0.4, 0.5) is 5.69 Å². The fourth-order valence-corrected chi connectivity index (χ4v) is 1.89. The Hall–Kier alpha value is -1.55. The Labute approximate surface area is 95.2 Å². The number of amides is 1. The Morgan fingerprint density at radius 3 is 3.06 bits per heavy atom. The first kappa shape index (κ1) is 11.0. The van der Waals surface area contributed by atoms with Crippen LogP contribution in [0.15, 0.2) is 24.3 Å². The van der Waals surface area contributed by atoms with Crippen molar-refractivity contribution in [2.45, 2.75) is 18.9 Å². The number of hydrogen-bond donors (Lipinski definition) is 3. The lowest BCUT2D eigenvalue weighted by Crippen LogP contribution is -2.39. The normalized spacial score (nSPS) is 17.7. The molecule has 0 radical (unpaired) electrons. The summed E-state index contributed by atoms with van der Waals surface area (Å²) in [7, 11) is 0. The van der Waals surface area contributed by atoms with Crippen molar-refractivity contribution in [3.8, 4) is 0 Å². The van der Waals surface area contributed by atoms with E-state index >= 15 is 0 Å². The van der Waals surface area contributed by atoms with Crippen LogP contribution in [-0.4, -0.2) is 25.0 Å². The van der Waals surface area contributed by atoms with Crippen LogP contribution in [0.5, 0.6) is 0 Å². The lowest BCUT2D eigenvalue weighted by Gasteiger charge is -2.11. The van der Waals surface area contributed by atoms with Gasteiger partial charge in [-0.25, -0.2) is 0 Å². The van der Waals surface area contributed by atoms with Crippen molar-refractivity contribution in [1.29, 1.82) is 0 Å². The molecule has 0 fully saturated rings. The number of nitrogens with two attached hydrogens (primary N) is 1. The van der Waals surface area contributed by atoms with Crippen molar-refractivity contribution in [1.82, 2.24) is 5.32 Å². The average Bonchev–Trinajstić information content (AvgIpc) is 2.73. The molecule has 0 aliphatic carbocycles. The maximum Gasteiger partial charge on any atom is 0.242 e. The zero-order valence-corrected chi connectivity index (χ0v) is 9.20. The molecule has 1 aromatic carbocycles. The predicted molar refractivity (Wildman–Crippen MR) is 64.2 cm³/mol. The van der Waals surface area contributed by atoms with Crippen LogP contribution in [0.2, 0.25) is 0 Å². The van der Waals surface area contributed by atoms with Gasteiger partial charge < -0.3 is 16.4 Å². The second-order valence-electron chi connectivity index (χ2n) is 3.99. The van der Waals surface area contributed by atoms with Gasteiger partial charge in [0.25, 0.3) is 0 Å². The minimum atomic E-state index is -0.129. The van der Waals surface area contributed by atoms with E-state index in [-0.39, 0.29) is 11.9 Å². The fraction of sp³-hybridized carbons (Fsp3) is 0.417. The summed E-state index contributed by atoms with van der Waals surface area (Å²) in [6.45, 7) is 1.27. The SMILES string of the molecule is NCCCNC(=O)C1Cc2ccccc2N1. The molecule has 16 heavy (non-hydrogen) atoms. The lowest BCUT2D eigenvalue weighted by atomic mass is 10.1. The first-order chi connectivity index (χ1) is 7.81. The van der Waals surface area contributed by atoms with Gasteiger partial charge >= 0.3 is 0 Å². The van der Waals surface area contributed by atoms with Crippen LogP contribution in [-0.2, 0) is 11.2 Å². The number of benzene rings is 1. The van der Waals surface area contributed by atoms with Crippen molar-refractivity contribution < 1.29 is 4.79 Å². The first-order valence-corrected chi connectivity index (χ1v) is 5.63. The second kappa shape index (κ2) is 4.99. The van der Waals surface area contributed by atoms with Crippen molar-refractivity contribution in [3.63, 3.8) is 0 Å². The van der Waals surface area contributed by atoms with Crippen molar-refractivity contribution in [2.24, 2.45) is 5.73 Å². The summed E-state index contributed by atoms with van der Waals surface area (Å²) in [4.78, 5) is 11.8. The van der Waals surface area contributed by atoms with Crippen LogP contribution >= 0.6 is 0 Å². The van der Waals surface area contributed by atoms with E-state index < -0.39 is 0 Å². The number of hydrogen-bond acceptors (Lipinski definition) is 3. The number of carbonyl (C=O) groups excluding carboxylic acids is 1. The van der Waals surface area contributed by atoms with Crippen LogP contribution in [0.1, 0.15) is 12.0 Å². The minimum Gasteiger partial charge on any atom is -0.373 e. The number of anilines is 1. The number of fused-ring (bicyclic) bond motifs is 1. The molecule has 4 nitrogen and oxygen atoms in total. The van der Waals surface area contributed by atoms with Crippen molar-refractivity contribution in [2.75, 3.05) is 18.4 Å². The van der Waals surface area contributed by atoms with Crippen molar-refractivity contribution >= 4 is 11.6 Å². The standard InChI is InChI=1S/C12H17N3O/c13-6-3-7-14-12(16)11-8-9-4-1-2-5-10(9)15-11/h1-2,4-5,11,15H,3,6-8,13H2,(H,14,16). The average molecular weight is 219 g/mol. The minimum absolute atomic E-state index is 0.0599. The van der Waals surface area contributed by atoms with Gasteiger partial charge in [-0.2, -0.15) is 0 Å². The number of para-hydroxylation sites is 1. The van der Waals surface area contributed by atoms with Gasteiger partial charge in [-0.1, -0.05) is 18.2 Å². The zero-order chi connectivity index (χ0) is 11.4. The summed E-state index contributed by atoms with van der Waals surface area (Å²) in [6, 6.07) is 7.89. The molecule has 1 atom stereocenters. The molecular formula is C12H17N3O. The van der Waals surface area contributed by atoms with E-state index in [4.69, 9.17) is 5.73 Å². The maximum atomic E-state index is 11.8. The van der Waals surface area contributed by atoms with Crippen molar-refractivity contribution in [3.05, 3.63) is 29.8 Å². The Bertz CT molecular complexity index is 353. The first-order valence-electron chi connectivity index (χ1n) is 5.63. The molecule has 1 aliphatic heterocycles. The molecule has 0 spiro atoms. The van der Waals surface area contributed by atoms with E-state index in [1.54, 1.807) is 0 Å². The monoisotopic (exact) mass is 219 g/mol. The fourth-order valence-electron chi connectivity index (χ4n) is 1.89. The van der Waals surface area contributed by atoms with Gasteiger partial charge in [0.2, 0.25) is 5.91 Å². The molecule has 2 rings (SSSR count). The number of nitrogens with one attached hydrogen (secondary N) is 2. The summed E-state index contributed by atoms with van der Waals surface area (Å²) < 4.78 is 0. The number of rotatable bonds is 4. The third kappa shape index (κ3) is 2.33. The van der Waals surface area contributed by atoms with E-state index in [1.165, 1.54) is 5.56 Å². The lowest BCUT2D eigenvalue weighted by molar-refractivity contribution is -0.121. The molecule has 4 N–H and O–H groups in total. The Morgan fingerprint density at radius 1 is 1.50 bits per heavy atom. The molecule has 0 saturated carbocycles. The van der Waals surface area contributed by atoms with Crippen LogP contribution in [0.25, 0.3) is 0 Å². The molecule has 0 saturated heterocycles. The third-order valence-electron chi connectivity index (χ3n) is 2.77. The molecule has 0 bridgehead atoms. The summed E-state index contributed by atoms with van der Waals surface area (Å²) in [5.41, 5.74) is 7.65. The largest absolute Gasteiger partial charge is 0.373 e. The summed E-state index contributed by atoms with van der Waals surface area (Å²) in [5, 5.41) is 6.10. The van der Waals surface area contributed by atoms with E-state index in [0.29, 0.717) is 13.1 Å². The second-order valence-corrected chi connectivity index (χ2v) is 3.99. The number of carbonyl (C=O) groups is 1. The summed E-state index contributed by atoms with van der Waals surface area (Å²) in [5.74, 6) is 0.0599. The third-order valence-corrected chi connectivity index (χ3v) is 2.77. The van der Waals surface area contributed by atoms with Gasteiger partial charge in [-0.05, 0) is 24.6 Å². The smallest absolute Gasteiger partial charge is 0.242 e. The Kier molecular flexibility index (Phi) is 3.41. The zero-order valence-electron chi connectivity index (χ0n) is 9.20. The maximum absolute atomic E-state index is 11.8. The van der Waals surface area contributed by atoms with E-state index in [1.807, 2.05) is 18.2 Å². The highest BCUT2D eigenvalue weighted by molar-refractivity contribution is 5.87. The van der Waals surface area contributed by atoms with Crippen LogP contribution in [0, 0.1) is 0 Å². The Balaban J connectivity index is 1.88.